The van der Waals surface area contributed by atoms with Crippen LogP contribution in [0.1, 0.15) is 68.0 Å². The fourth-order valence-electron chi connectivity index (χ4n) is 5.28. The molecule has 2 atom stereocenters. The number of nitrogens with one attached hydrogen (secondary N) is 1. The molecular weight excluding hydrogens is 460 g/mol. The molecule has 2 fully saturated rings. The van der Waals surface area contributed by atoms with Crippen molar-refractivity contribution >= 4 is 28.9 Å². The molecule has 0 amide bonds. The van der Waals surface area contributed by atoms with Gasteiger partial charge in [0.2, 0.25) is 0 Å². The Labute approximate surface area is 210 Å². The predicted molar refractivity (Wildman–Crippen MR) is 137 cm³/mol. The third kappa shape index (κ3) is 4.95. The van der Waals surface area contributed by atoms with Gasteiger partial charge in [0.05, 0.1) is 23.6 Å². The highest BCUT2D eigenvalue weighted by atomic mass is 32.1. The first-order valence-electron chi connectivity index (χ1n) is 12.2. The van der Waals surface area contributed by atoms with Crippen LogP contribution in [0.15, 0.2) is 36.7 Å². The summed E-state index contributed by atoms with van der Waals surface area (Å²) in [5, 5.41) is 15.6. The lowest BCUT2D eigenvalue weighted by Gasteiger charge is -2.44. The van der Waals surface area contributed by atoms with Crippen molar-refractivity contribution in [2.45, 2.75) is 64.4 Å². The molecule has 2 aliphatic carbocycles. The van der Waals surface area contributed by atoms with Gasteiger partial charge in [-0.05, 0) is 85.8 Å². The summed E-state index contributed by atoms with van der Waals surface area (Å²) in [4.78, 5) is 27.0. The van der Waals surface area contributed by atoms with Crippen LogP contribution in [0, 0.1) is 18.3 Å². The molecule has 2 N–H and O–H groups in total. The quantitative estimate of drug-likeness (QED) is 0.425. The van der Waals surface area contributed by atoms with Gasteiger partial charge < -0.3 is 15.2 Å². The number of thiazole rings is 1. The van der Waals surface area contributed by atoms with Crippen LogP contribution in [0.25, 0.3) is 10.6 Å². The molecule has 0 saturated heterocycles. The molecule has 5 rings (SSSR count). The number of aromatic nitrogens is 3. The zero-order valence-corrected chi connectivity index (χ0v) is 21.5. The second-order valence-corrected chi connectivity index (χ2v) is 11.7. The van der Waals surface area contributed by atoms with Gasteiger partial charge in [-0.3, -0.25) is 4.79 Å². The number of hydrogen-bond donors (Lipinski definition) is 2. The standard InChI is InChI=1S/C27H32N4O3S/c1-16-11-20(30-23(12-16)31-22-13-18(8-10-28-22)17-5-6-17)21-14-29-25(35-21)27(33)9-7-19(24(32)34-4)26(2,3)15-27/h8,10-14,17,19,33H,5-7,9,15H2,1-4H3,(H,28,30,31). The first kappa shape index (κ1) is 23.9. The second-order valence-electron chi connectivity index (χ2n) is 10.6. The number of carbonyl (C=O) groups is 1. The van der Waals surface area contributed by atoms with Gasteiger partial charge >= 0.3 is 5.97 Å². The number of hydrogen-bond acceptors (Lipinski definition) is 8. The van der Waals surface area contributed by atoms with Crippen LogP contribution in [-0.2, 0) is 15.1 Å². The van der Waals surface area contributed by atoms with Crippen LogP contribution in [0.4, 0.5) is 11.6 Å². The van der Waals surface area contributed by atoms with E-state index in [0.29, 0.717) is 30.2 Å². The Hall–Kier alpha value is -2.84. The summed E-state index contributed by atoms with van der Waals surface area (Å²) in [6.45, 7) is 6.07. The van der Waals surface area contributed by atoms with E-state index < -0.39 is 11.0 Å². The summed E-state index contributed by atoms with van der Waals surface area (Å²) < 4.78 is 5.00. The smallest absolute Gasteiger partial charge is 0.309 e. The first-order valence-corrected chi connectivity index (χ1v) is 13.0. The number of methoxy groups -OCH3 is 1. The highest BCUT2D eigenvalue weighted by molar-refractivity contribution is 7.15. The number of ether oxygens (including phenoxy) is 1. The number of aliphatic hydroxyl groups is 1. The number of pyridine rings is 2. The van der Waals surface area contributed by atoms with Crippen molar-refractivity contribution in [1.82, 2.24) is 15.0 Å². The van der Waals surface area contributed by atoms with Crippen molar-refractivity contribution in [3.8, 4) is 10.6 Å². The molecule has 0 bridgehead atoms. The van der Waals surface area contributed by atoms with Crippen molar-refractivity contribution < 1.29 is 14.6 Å². The van der Waals surface area contributed by atoms with E-state index in [9.17, 15) is 9.90 Å². The Morgan fingerprint density at radius 1 is 1.17 bits per heavy atom. The van der Waals surface area contributed by atoms with E-state index in [1.54, 1.807) is 6.20 Å². The minimum Gasteiger partial charge on any atom is -0.469 e. The highest BCUT2D eigenvalue weighted by Gasteiger charge is 2.49. The molecule has 35 heavy (non-hydrogen) atoms. The Morgan fingerprint density at radius 3 is 2.69 bits per heavy atom. The summed E-state index contributed by atoms with van der Waals surface area (Å²) in [6, 6.07) is 8.22. The van der Waals surface area contributed by atoms with Crippen LogP contribution in [0.2, 0.25) is 0 Å². The molecule has 3 aromatic heterocycles. The molecule has 2 aliphatic rings. The minimum atomic E-state index is -1.07. The third-order valence-corrected chi connectivity index (χ3v) is 8.45. The van der Waals surface area contributed by atoms with Gasteiger partial charge in [-0.1, -0.05) is 13.8 Å². The van der Waals surface area contributed by atoms with Crippen LogP contribution in [0.3, 0.4) is 0 Å². The Balaban J connectivity index is 1.37. The lowest BCUT2D eigenvalue weighted by atomic mass is 9.63. The number of nitrogens with zero attached hydrogens (tertiary/aromatic N) is 3. The van der Waals surface area contributed by atoms with E-state index in [1.165, 1.54) is 36.9 Å². The molecule has 7 nitrogen and oxygen atoms in total. The van der Waals surface area contributed by atoms with Gasteiger partial charge in [-0.2, -0.15) is 0 Å². The van der Waals surface area contributed by atoms with Crippen molar-refractivity contribution in [1.29, 1.82) is 0 Å². The SMILES string of the molecule is COC(=O)C1CCC(O)(c2ncc(-c3cc(C)cc(Nc4cc(C5CC5)ccn4)n3)s2)CC1(C)C. The molecule has 2 saturated carbocycles. The summed E-state index contributed by atoms with van der Waals surface area (Å²) in [6.07, 6.45) is 7.61. The zero-order valence-electron chi connectivity index (χ0n) is 20.7. The van der Waals surface area contributed by atoms with E-state index in [-0.39, 0.29) is 11.9 Å². The minimum absolute atomic E-state index is 0.210. The molecular formula is C27H32N4O3S. The number of esters is 1. The molecule has 184 valence electrons. The Morgan fingerprint density at radius 2 is 1.97 bits per heavy atom. The predicted octanol–water partition coefficient (Wildman–Crippen LogP) is 5.72. The Bertz CT molecular complexity index is 1250. The average molecular weight is 493 g/mol. The molecule has 3 heterocycles. The van der Waals surface area contributed by atoms with Crippen LogP contribution in [-0.4, -0.2) is 33.1 Å². The highest BCUT2D eigenvalue weighted by Crippen LogP contribution is 2.51. The first-order chi connectivity index (χ1) is 16.7. The summed E-state index contributed by atoms with van der Waals surface area (Å²) in [5.41, 5.74) is 1.73. The van der Waals surface area contributed by atoms with Crippen molar-refractivity contribution in [3.63, 3.8) is 0 Å². The molecule has 3 aromatic rings. The monoisotopic (exact) mass is 492 g/mol. The van der Waals surface area contributed by atoms with Gasteiger partial charge in [0, 0.05) is 12.4 Å². The van der Waals surface area contributed by atoms with Gasteiger partial charge in [-0.15, -0.1) is 11.3 Å². The lowest BCUT2D eigenvalue weighted by Crippen LogP contribution is -2.45. The second kappa shape index (κ2) is 8.99. The maximum atomic E-state index is 12.2. The third-order valence-electron chi connectivity index (χ3n) is 7.24. The average Bonchev–Trinajstić information content (AvgIpc) is 3.53. The largest absolute Gasteiger partial charge is 0.469 e. The Kier molecular flexibility index (Phi) is 6.13. The molecule has 0 aromatic carbocycles. The normalized spacial score (nSPS) is 23.6. The summed E-state index contributed by atoms with van der Waals surface area (Å²) in [7, 11) is 1.42. The maximum absolute atomic E-state index is 12.2. The number of anilines is 2. The fourth-order valence-corrected chi connectivity index (χ4v) is 6.28. The van der Waals surface area contributed by atoms with E-state index in [0.717, 1.165) is 27.8 Å². The molecule has 0 spiro atoms. The van der Waals surface area contributed by atoms with Crippen molar-refractivity contribution in [2.75, 3.05) is 12.4 Å². The van der Waals surface area contributed by atoms with Crippen LogP contribution in [0.5, 0.6) is 0 Å². The molecule has 8 heteroatoms. The number of rotatable bonds is 6. The molecule has 0 radical (unpaired) electrons. The van der Waals surface area contributed by atoms with E-state index in [1.807, 2.05) is 39.1 Å². The topological polar surface area (TPSA) is 97.2 Å². The fraction of sp³-hybridized carbons (Fsp3) is 0.481. The van der Waals surface area contributed by atoms with Crippen LogP contribution >= 0.6 is 11.3 Å². The van der Waals surface area contributed by atoms with E-state index >= 15 is 0 Å². The van der Waals surface area contributed by atoms with Gasteiger partial charge in [-0.25, -0.2) is 15.0 Å². The summed E-state index contributed by atoms with van der Waals surface area (Å²) >= 11 is 1.46. The number of carbonyl (C=O) groups excluding carboxylic acids is 1. The molecule has 0 aliphatic heterocycles. The zero-order chi connectivity index (χ0) is 24.8. The lowest BCUT2D eigenvalue weighted by molar-refractivity contribution is -0.157. The van der Waals surface area contributed by atoms with Crippen molar-refractivity contribution in [2.24, 2.45) is 11.3 Å². The summed E-state index contributed by atoms with van der Waals surface area (Å²) in [5.74, 6) is 1.74. The van der Waals surface area contributed by atoms with E-state index in [4.69, 9.17) is 9.72 Å². The van der Waals surface area contributed by atoms with Crippen LogP contribution < -0.4 is 5.32 Å². The van der Waals surface area contributed by atoms with Gasteiger partial charge in [0.1, 0.15) is 22.2 Å². The van der Waals surface area contributed by atoms with E-state index in [2.05, 4.69) is 27.4 Å². The van der Waals surface area contributed by atoms with Gasteiger partial charge in [0.15, 0.2) is 0 Å². The van der Waals surface area contributed by atoms with Crippen molar-refractivity contribution in [3.05, 3.63) is 52.8 Å². The van der Waals surface area contributed by atoms with Gasteiger partial charge in [0.25, 0.3) is 0 Å². The maximum Gasteiger partial charge on any atom is 0.309 e. The molecule has 2 unspecified atom stereocenters. The number of aryl methyl sites for hydroxylation is 1.